The number of aromatic nitrogens is 2. The fourth-order valence-corrected chi connectivity index (χ4v) is 7.45. The maximum absolute atomic E-state index is 13.5. The molecule has 2 aromatic heterocycles. The topological polar surface area (TPSA) is 235 Å². The molecule has 2 atom stereocenters. The standard InChI is InChI=1S/C31H27FN8O8S2/c32-19-10-18(1-2-21(19)41)34-22(42)12-38-6-3-15(4-7-38)11-39-8-5-16(27(39)44)9-17-13-49-29-24(28(45)40(29)25(17)30(46)47)36-26(43)23(37-48)20-14-50-31(33)35-20/h1-4,6-7,9-10,14,24,29H,5,8,11-13H2,(H6-,33,34,35,36,37,41,42,43,46,47,48)/t24-,29-/m1/s1. The summed E-state index contributed by atoms with van der Waals surface area (Å²) < 4.78 is 15.1. The number of halogens is 1. The molecule has 5 heterocycles. The number of carbonyl (C=O) groups is 5. The van der Waals surface area contributed by atoms with Gasteiger partial charge in [-0.25, -0.2) is 9.37 Å². The zero-order valence-corrected chi connectivity index (χ0v) is 27.4. The molecular weight excluding hydrogens is 696 g/mol. The number of nitrogens with zero attached hydrogens (tertiary/aromatic N) is 5. The smallest absolute Gasteiger partial charge is 0.290 e. The van der Waals surface area contributed by atoms with Gasteiger partial charge in [0.05, 0.1) is 11.7 Å². The number of phenols is 1. The van der Waals surface area contributed by atoms with Crippen molar-refractivity contribution < 1.29 is 48.4 Å². The van der Waals surface area contributed by atoms with Crippen LogP contribution in [0, 0.1) is 5.82 Å². The van der Waals surface area contributed by atoms with E-state index in [0.717, 1.165) is 33.9 Å². The second kappa shape index (κ2) is 14.0. The number of phenolic OH excluding ortho intramolecular Hbond substituents is 1. The van der Waals surface area contributed by atoms with Crippen LogP contribution in [-0.2, 0) is 37.1 Å². The van der Waals surface area contributed by atoms with Crippen molar-refractivity contribution in [1.82, 2.24) is 20.1 Å². The molecule has 0 bridgehead atoms. The Labute approximate surface area is 290 Å². The highest BCUT2D eigenvalue weighted by Crippen LogP contribution is 2.41. The van der Waals surface area contributed by atoms with Gasteiger partial charge in [0.2, 0.25) is 12.5 Å². The second-order valence-corrected chi connectivity index (χ2v) is 13.3. The molecule has 2 fully saturated rings. The Balaban J connectivity index is 1.07. The van der Waals surface area contributed by atoms with Crippen LogP contribution in [0.2, 0.25) is 0 Å². The number of allylic oxidation sites excluding steroid dienone is 1. The third-order valence-electron chi connectivity index (χ3n) is 8.01. The molecule has 50 heavy (non-hydrogen) atoms. The van der Waals surface area contributed by atoms with Crippen LogP contribution in [0.15, 0.2) is 76.2 Å². The number of β-lactam (4-membered cyclic amide) rings is 1. The average Bonchev–Trinajstić information content (AvgIpc) is 3.66. The molecular formula is C31H27FN8O8S2. The number of fused-ring (bicyclic) bond motifs is 1. The summed E-state index contributed by atoms with van der Waals surface area (Å²) in [6.45, 7) is 0.544. The first-order valence-corrected chi connectivity index (χ1v) is 16.8. The summed E-state index contributed by atoms with van der Waals surface area (Å²) in [5.74, 6) is -5.23. The Hall–Kier alpha value is -5.82. The molecule has 3 aliphatic heterocycles. The summed E-state index contributed by atoms with van der Waals surface area (Å²) in [6, 6.07) is 5.88. The number of carboxylic acids is 1. The van der Waals surface area contributed by atoms with Gasteiger partial charge >= 0.3 is 0 Å². The van der Waals surface area contributed by atoms with E-state index in [9.17, 15) is 43.8 Å². The quantitative estimate of drug-likeness (QED) is 0.0338. The summed E-state index contributed by atoms with van der Waals surface area (Å²) in [7, 11) is 0. The number of nitrogens with two attached hydrogens (primary N) is 1. The number of anilines is 2. The fraction of sp³-hybridized carbons (Fsp3) is 0.226. The second-order valence-electron chi connectivity index (χ2n) is 11.3. The third-order valence-corrected chi connectivity index (χ3v) is 9.99. The normalized spacial score (nSPS) is 19.8. The minimum absolute atomic E-state index is 0.00902. The predicted molar refractivity (Wildman–Crippen MR) is 173 cm³/mol. The first-order chi connectivity index (χ1) is 23.9. The van der Waals surface area contributed by atoms with E-state index >= 15 is 0 Å². The van der Waals surface area contributed by atoms with Gasteiger partial charge in [0.1, 0.15) is 17.1 Å². The van der Waals surface area contributed by atoms with E-state index < -0.39 is 58.1 Å². The minimum Gasteiger partial charge on any atom is -0.543 e. The van der Waals surface area contributed by atoms with Crippen LogP contribution in [0.4, 0.5) is 15.2 Å². The van der Waals surface area contributed by atoms with Gasteiger partial charge < -0.3 is 41.5 Å². The van der Waals surface area contributed by atoms with E-state index in [1.54, 1.807) is 34.0 Å². The van der Waals surface area contributed by atoms with Gasteiger partial charge in [-0.05, 0) is 35.8 Å². The number of oxime groups is 1. The molecule has 1 aromatic carbocycles. The van der Waals surface area contributed by atoms with Gasteiger partial charge in [-0.2, -0.15) is 4.57 Å². The van der Waals surface area contributed by atoms with Gasteiger partial charge in [-0.1, -0.05) is 5.16 Å². The van der Waals surface area contributed by atoms with Crippen LogP contribution < -0.4 is 26.0 Å². The number of rotatable bonds is 10. The number of likely N-dealkylation sites (tertiary alicyclic amines) is 1. The molecule has 4 amide bonds. The maximum atomic E-state index is 13.5. The van der Waals surface area contributed by atoms with Crippen LogP contribution in [0.5, 0.6) is 5.75 Å². The van der Waals surface area contributed by atoms with Crippen molar-refractivity contribution in [2.75, 3.05) is 23.3 Å². The lowest BCUT2D eigenvalue weighted by Gasteiger charge is -2.50. The molecule has 0 saturated carbocycles. The molecule has 2 saturated heterocycles. The number of hydrogen-bond donors (Lipinski definition) is 5. The van der Waals surface area contributed by atoms with Crippen molar-refractivity contribution in [2.45, 2.75) is 30.9 Å². The molecule has 3 aromatic rings. The number of nitrogen functional groups attached to an aromatic ring is 1. The molecule has 0 unspecified atom stereocenters. The van der Waals surface area contributed by atoms with Gasteiger partial charge in [-0.3, -0.25) is 24.1 Å². The molecule has 0 aliphatic carbocycles. The lowest BCUT2D eigenvalue weighted by atomic mass is 10.0. The van der Waals surface area contributed by atoms with E-state index in [1.807, 2.05) is 0 Å². The van der Waals surface area contributed by atoms with Gasteiger partial charge in [0.25, 0.3) is 17.7 Å². The number of hydrogen-bond acceptors (Lipinski definition) is 13. The van der Waals surface area contributed by atoms with Crippen molar-refractivity contribution in [3.63, 3.8) is 0 Å². The van der Waals surface area contributed by atoms with E-state index in [0.29, 0.717) is 18.5 Å². The van der Waals surface area contributed by atoms with Crippen LogP contribution in [-0.4, -0.2) is 84.1 Å². The van der Waals surface area contributed by atoms with Crippen LogP contribution in [0.1, 0.15) is 17.7 Å². The number of thioether (sulfide) groups is 1. The number of aromatic hydroxyl groups is 1. The number of benzene rings is 1. The number of carbonyl (C=O) groups excluding carboxylic acids is 5. The summed E-state index contributed by atoms with van der Waals surface area (Å²) in [5.41, 5.74) is 6.29. The minimum atomic E-state index is -1.61. The van der Waals surface area contributed by atoms with Crippen molar-refractivity contribution in [3.8, 4) is 5.75 Å². The number of pyridine rings is 1. The Morgan fingerprint density at radius 3 is 2.64 bits per heavy atom. The third kappa shape index (κ3) is 6.85. The van der Waals surface area contributed by atoms with Crippen molar-refractivity contribution in [3.05, 3.63) is 88.1 Å². The zero-order chi connectivity index (χ0) is 35.7. The van der Waals surface area contributed by atoms with Crippen molar-refractivity contribution in [2.24, 2.45) is 5.16 Å². The lowest BCUT2D eigenvalue weighted by Crippen LogP contribution is -2.71. The number of amides is 4. The maximum Gasteiger partial charge on any atom is 0.290 e. The largest absolute Gasteiger partial charge is 0.543 e. The molecule has 0 spiro atoms. The monoisotopic (exact) mass is 722 g/mol. The molecule has 3 aliphatic rings. The summed E-state index contributed by atoms with van der Waals surface area (Å²) in [6.07, 6.45) is 5.11. The highest BCUT2D eigenvalue weighted by molar-refractivity contribution is 8.00. The van der Waals surface area contributed by atoms with E-state index in [-0.39, 0.29) is 46.8 Å². The molecule has 16 nitrogen and oxygen atoms in total. The van der Waals surface area contributed by atoms with E-state index in [1.165, 1.54) is 29.3 Å². The summed E-state index contributed by atoms with van der Waals surface area (Å²) in [4.78, 5) is 70.3. The first-order valence-electron chi connectivity index (χ1n) is 14.8. The van der Waals surface area contributed by atoms with Crippen LogP contribution in [0.25, 0.3) is 0 Å². The van der Waals surface area contributed by atoms with Gasteiger partial charge in [0.15, 0.2) is 34.8 Å². The van der Waals surface area contributed by atoms with Gasteiger partial charge in [-0.15, -0.1) is 23.1 Å². The molecule has 0 radical (unpaired) electrons. The zero-order valence-electron chi connectivity index (χ0n) is 25.7. The SMILES string of the molecule is Nc1nc(/C(=N/O)C(=O)N[C@@H]2C(=O)N3C(C(=O)[O-])=C(C=C4CCN(Cc5cc[n+](CC(=O)Nc6ccc(O)c(F)c6)cc5)C4=O)CS[C@H]23)cs1. The Kier molecular flexibility index (Phi) is 9.51. The number of nitrogens with one attached hydrogen (secondary N) is 2. The number of aliphatic carboxylic acids is 1. The molecule has 19 heteroatoms. The summed E-state index contributed by atoms with van der Waals surface area (Å²) >= 11 is 2.21. The van der Waals surface area contributed by atoms with Crippen molar-refractivity contribution >= 4 is 69.2 Å². The molecule has 6 rings (SSSR count). The van der Waals surface area contributed by atoms with E-state index in [2.05, 4.69) is 20.8 Å². The molecule has 6 N–H and O–H groups in total. The first kappa shape index (κ1) is 34.1. The van der Waals surface area contributed by atoms with Crippen LogP contribution >= 0.6 is 23.1 Å². The highest BCUT2D eigenvalue weighted by atomic mass is 32.2. The Bertz CT molecular complexity index is 2010. The van der Waals surface area contributed by atoms with Crippen molar-refractivity contribution in [1.29, 1.82) is 0 Å². The lowest BCUT2D eigenvalue weighted by molar-refractivity contribution is -0.684. The number of carboxylic acid groups (broad SMARTS) is 1. The Morgan fingerprint density at radius 1 is 1.22 bits per heavy atom. The van der Waals surface area contributed by atoms with Crippen LogP contribution in [0.3, 0.4) is 0 Å². The molecule has 258 valence electrons. The Morgan fingerprint density at radius 2 is 1.98 bits per heavy atom. The fourth-order valence-electron chi connectivity index (χ4n) is 5.59. The van der Waals surface area contributed by atoms with E-state index in [4.69, 9.17) is 5.73 Å². The highest BCUT2D eigenvalue weighted by Gasteiger charge is 2.53. The average molecular weight is 723 g/mol. The summed E-state index contributed by atoms with van der Waals surface area (Å²) in [5, 5.41) is 39.6. The predicted octanol–water partition coefficient (Wildman–Crippen LogP) is -0.563. The van der Waals surface area contributed by atoms with Gasteiger partial charge in [0, 0.05) is 53.7 Å². The number of thiazole rings is 1.